The van der Waals surface area contributed by atoms with E-state index in [0.717, 1.165) is 11.3 Å². The molecule has 2 aromatic rings. The molecule has 0 bridgehead atoms. The molecule has 0 spiro atoms. The minimum absolute atomic E-state index is 0.0879. The first-order valence-electron chi connectivity index (χ1n) is 5.48. The fraction of sp³-hybridized carbons (Fsp3) is 0. The Morgan fingerprint density at radius 1 is 0.944 bits per heavy atom. The third kappa shape index (κ3) is 2.55. The monoisotopic (exact) mass is 255 g/mol. The minimum atomic E-state index is -0.0879. The van der Waals surface area contributed by atoms with Crippen molar-refractivity contribution in [3.63, 3.8) is 0 Å². The van der Waals surface area contributed by atoms with Gasteiger partial charge in [-0.05, 0) is 12.1 Å². The Morgan fingerprint density at radius 3 is 1.94 bits per heavy atom. The molecule has 0 heterocycles. The van der Waals surface area contributed by atoms with Crippen LogP contribution in [0.4, 0.5) is 5.69 Å². The molecule has 3 N–H and O–H groups in total. The average molecular weight is 255 g/mol. The van der Waals surface area contributed by atoms with Crippen LogP contribution in [-0.2, 0) is 0 Å². The van der Waals surface area contributed by atoms with Crippen LogP contribution < -0.4 is 10.6 Å². The van der Waals surface area contributed by atoms with Crippen molar-refractivity contribution in [3.05, 3.63) is 66.2 Å². The number of nitrogens with zero attached hydrogens (tertiary/aromatic N) is 1. The number of para-hydroxylation sites is 1. The van der Waals surface area contributed by atoms with Gasteiger partial charge in [0.05, 0.1) is 0 Å². The van der Waals surface area contributed by atoms with Crippen LogP contribution in [-0.4, -0.2) is 10.9 Å². The zero-order valence-corrected chi connectivity index (χ0v) is 10.5. The highest BCUT2D eigenvalue weighted by molar-refractivity contribution is 7.81. The van der Waals surface area contributed by atoms with Gasteiger partial charge in [-0.1, -0.05) is 60.7 Å². The van der Waals surface area contributed by atoms with Crippen LogP contribution in [0.2, 0.25) is 0 Å². The van der Waals surface area contributed by atoms with Crippen LogP contribution in [0.3, 0.4) is 0 Å². The molecule has 0 saturated carbocycles. The summed E-state index contributed by atoms with van der Waals surface area (Å²) in [6.07, 6.45) is 0. The minimum Gasteiger partial charge on any atom is -0.369 e. The first-order valence-corrected chi connectivity index (χ1v) is 5.89. The summed E-state index contributed by atoms with van der Waals surface area (Å²) in [5.41, 5.74) is 7.29. The third-order valence-corrected chi connectivity index (χ3v) is 2.90. The molecule has 0 unspecified atom stereocenters. The number of nitrogens with two attached hydrogens (primary N) is 1. The Bertz CT molecular complexity index is 552. The molecule has 0 aliphatic carbocycles. The quantitative estimate of drug-likeness (QED) is 0.493. The molecule has 2 rings (SSSR count). The Labute approximate surface area is 111 Å². The van der Waals surface area contributed by atoms with Crippen LogP contribution >= 0.6 is 12.2 Å². The Kier molecular flexibility index (Phi) is 3.69. The molecule has 4 heteroatoms. The number of benzene rings is 2. The lowest BCUT2D eigenvalue weighted by molar-refractivity contribution is 1.31. The number of hydrogen-bond donors (Lipinski definition) is 2. The van der Waals surface area contributed by atoms with Crippen molar-refractivity contribution in [2.24, 2.45) is 5.73 Å². The number of rotatable bonds is 2. The van der Waals surface area contributed by atoms with E-state index in [4.69, 9.17) is 23.4 Å². The van der Waals surface area contributed by atoms with Crippen LogP contribution in [0.1, 0.15) is 5.56 Å². The van der Waals surface area contributed by atoms with Gasteiger partial charge in [-0.3, -0.25) is 10.3 Å². The second kappa shape index (κ2) is 5.42. The summed E-state index contributed by atoms with van der Waals surface area (Å²) in [4.78, 5) is 2.07. The Balaban J connectivity index is 2.39. The molecule has 18 heavy (non-hydrogen) atoms. The van der Waals surface area contributed by atoms with Crippen molar-refractivity contribution in [2.45, 2.75) is 0 Å². The first kappa shape index (κ1) is 12.3. The fourth-order valence-corrected chi connectivity index (χ4v) is 1.99. The zero-order chi connectivity index (χ0) is 13.0. The molecule has 0 radical (unpaired) electrons. The summed E-state index contributed by atoms with van der Waals surface area (Å²) in [5.74, 6) is -0.0879. The SMILES string of the molecule is N=C(N)N(C(=S)c1ccccc1)c1ccccc1. The third-order valence-electron chi connectivity index (χ3n) is 2.48. The second-order valence-electron chi connectivity index (χ2n) is 3.73. The van der Waals surface area contributed by atoms with Crippen molar-refractivity contribution in [1.82, 2.24) is 0 Å². The predicted molar refractivity (Wildman–Crippen MR) is 79.0 cm³/mol. The summed E-state index contributed by atoms with van der Waals surface area (Å²) >= 11 is 5.41. The highest BCUT2D eigenvalue weighted by Crippen LogP contribution is 2.17. The van der Waals surface area contributed by atoms with Gasteiger partial charge >= 0.3 is 0 Å². The Hall–Kier alpha value is -2.20. The first-order chi connectivity index (χ1) is 8.70. The van der Waals surface area contributed by atoms with Gasteiger partial charge in [0.25, 0.3) is 0 Å². The molecular weight excluding hydrogens is 242 g/mol. The summed E-state index contributed by atoms with van der Waals surface area (Å²) in [7, 11) is 0. The van der Waals surface area contributed by atoms with Crippen molar-refractivity contribution in [1.29, 1.82) is 5.41 Å². The van der Waals surface area contributed by atoms with Gasteiger partial charge in [-0.25, -0.2) is 0 Å². The number of thiocarbonyl (C=S) groups is 1. The van der Waals surface area contributed by atoms with E-state index >= 15 is 0 Å². The van der Waals surface area contributed by atoms with E-state index in [1.54, 1.807) is 4.90 Å². The van der Waals surface area contributed by atoms with Gasteiger partial charge in [0.15, 0.2) is 5.96 Å². The average Bonchev–Trinajstić information content (AvgIpc) is 2.40. The van der Waals surface area contributed by atoms with Gasteiger partial charge in [-0.2, -0.15) is 0 Å². The van der Waals surface area contributed by atoms with E-state index in [1.165, 1.54) is 0 Å². The van der Waals surface area contributed by atoms with Crippen molar-refractivity contribution in [3.8, 4) is 0 Å². The molecule has 0 aliphatic heterocycles. The molecule has 0 aliphatic rings. The molecule has 0 fully saturated rings. The molecule has 0 aromatic heterocycles. The van der Waals surface area contributed by atoms with E-state index in [1.807, 2.05) is 60.7 Å². The van der Waals surface area contributed by atoms with Gasteiger partial charge < -0.3 is 5.73 Å². The highest BCUT2D eigenvalue weighted by atomic mass is 32.1. The maximum atomic E-state index is 7.68. The normalized spacial score (nSPS) is 9.78. The molecular formula is C14H13N3S. The van der Waals surface area contributed by atoms with E-state index in [2.05, 4.69) is 0 Å². The topological polar surface area (TPSA) is 53.1 Å². The molecule has 3 nitrogen and oxygen atoms in total. The summed E-state index contributed by atoms with van der Waals surface area (Å²) in [6.45, 7) is 0. The summed E-state index contributed by atoms with van der Waals surface area (Å²) in [6, 6.07) is 19.0. The highest BCUT2D eigenvalue weighted by Gasteiger charge is 2.15. The lowest BCUT2D eigenvalue weighted by Gasteiger charge is -2.23. The van der Waals surface area contributed by atoms with Gasteiger partial charge in [0, 0.05) is 11.3 Å². The maximum absolute atomic E-state index is 7.68. The van der Waals surface area contributed by atoms with E-state index in [-0.39, 0.29) is 5.96 Å². The van der Waals surface area contributed by atoms with Crippen LogP contribution in [0, 0.1) is 5.41 Å². The van der Waals surface area contributed by atoms with E-state index in [0.29, 0.717) is 4.99 Å². The van der Waals surface area contributed by atoms with Gasteiger partial charge in [0.1, 0.15) is 4.99 Å². The fourth-order valence-electron chi connectivity index (χ4n) is 1.65. The second-order valence-corrected chi connectivity index (χ2v) is 4.11. The number of hydrogen-bond acceptors (Lipinski definition) is 2. The van der Waals surface area contributed by atoms with Crippen molar-refractivity contribution >= 4 is 28.9 Å². The number of guanidine groups is 1. The van der Waals surface area contributed by atoms with E-state index < -0.39 is 0 Å². The smallest absolute Gasteiger partial charge is 0.198 e. The standard InChI is InChI=1S/C14H13N3S/c15-14(16)17(12-9-5-2-6-10-12)13(18)11-7-3-1-4-8-11/h1-10H,(H3,15,16). The van der Waals surface area contributed by atoms with Crippen LogP contribution in [0.15, 0.2) is 60.7 Å². The molecule has 90 valence electrons. The van der Waals surface area contributed by atoms with Gasteiger partial charge in [0.2, 0.25) is 0 Å². The lowest BCUT2D eigenvalue weighted by atomic mass is 10.2. The van der Waals surface area contributed by atoms with Gasteiger partial charge in [-0.15, -0.1) is 0 Å². The predicted octanol–water partition coefficient (Wildman–Crippen LogP) is 2.76. The summed E-state index contributed by atoms with van der Waals surface area (Å²) in [5, 5.41) is 7.68. The Morgan fingerprint density at radius 2 is 1.44 bits per heavy atom. The number of anilines is 1. The lowest BCUT2D eigenvalue weighted by Crippen LogP contribution is -2.40. The zero-order valence-electron chi connectivity index (χ0n) is 9.71. The molecule has 2 aromatic carbocycles. The molecule has 0 amide bonds. The van der Waals surface area contributed by atoms with Crippen LogP contribution in [0.5, 0.6) is 0 Å². The molecule has 0 atom stereocenters. The van der Waals surface area contributed by atoms with Crippen molar-refractivity contribution in [2.75, 3.05) is 4.90 Å². The summed E-state index contributed by atoms with van der Waals surface area (Å²) < 4.78 is 0. The largest absolute Gasteiger partial charge is 0.369 e. The number of nitrogens with one attached hydrogen (secondary N) is 1. The van der Waals surface area contributed by atoms with Crippen molar-refractivity contribution < 1.29 is 0 Å². The maximum Gasteiger partial charge on any atom is 0.198 e. The van der Waals surface area contributed by atoms with E-state index in [9.17, 15) is 0 Å². The molecule has 0 saturated heterocycles. The van der Waals surface area contributed by atoms with Crippen LogP contribution in [0.25, 0.3) is 0 Å².